The average Bonchev–Trinajstić information content (AvgIpc) is 2.05. The third-order valence-corrected chi connectivity index (χ3v) is 0.699. The van der Waals surface area contributed by atoms with Gasteiger partial charge in [-0.05, 0) is 0 Å². The predicted molar refractivity (Wildman–Crippen MR) is 45.5 cm³/mol. The number of halogens is 1. The molecule has 2 N–H and O–H groups in total. The van der Waals surface area contributed by atoms with Crippen LogP contribution < -0.4 is 5.73 Å². The van der Waals surface area contributed by atoms with Crippen LogP contribution in [0.3, 0.4) is 0 Å². The smallest absolute Gasteiger partial charge is 0.303 e. The average molecular weight is 176 g/mol. The van der Waals surface area contributed by atoms with E-state index in [1.54, 1.807) is 0 Å². The summed E-state index contributed by atoms with van der Waals surface area (Å²) in [6.45, 7) is 4.88. The van der Waals surface area contributed by atoms with E-state index in [2.05, 4.69) is 16.3 Å². The molecule has 4 nitrogen and oxygen atoms in total. The standard InChI is InChI=1S/C6H10N2O2.CH3F/c1-5(8-4-7)3-10-6(2)9;1-2/h4H,1,3H2,2H3,(H2,7,8);1H3. The van der Waals surface area contributed by atoms with Crippen molar-refractivity contribution in [3.8, 4) is 0 Å². The number of hydrogen-bond acceptors (Lipinski definition) is 3. The summed E-state index contributed by atoms with van der Waals surface area (Å²) in [4.78, 5) is 13.8. The van der Waals surface area contributed by atoms with Crippen LogP contribution in [0.5, 0.6) is 0 Å². The lowest BCUT2D eigenvalue weighted by atomic mass is 10.5. The third-order valence-electron chi connectivity index (χ3n) is 0.699. The summed E-state index contributed by atoms with van der Waals surface area (Å²) in [5.41, 5.74) is 5.37. The molecule has 0 unspecified atom stereocenters. The number of nitrogens with zero attached hydrogens (tertiary/aromatic N) is 1. The molecule has 0 spiro atoms. The highest BCUT2D eigenvalue weighted by Gasteiger charge is 1.92. The fourth-order valence-electron chi connectivity index (χ4n) is 0.328. The summed E-state index contributed by atoms with van der Waals surface area (Å²) in [5.74, 6) is -0.353. The van der Waals surface area contributed by atoms with Gasteiger partial charge in [0.15, 0.2) is 0 Å². The van der Waals surface area contributed by atoms with Gasteiger partial charge in [0.05, 0.1) is 19.2 Å². The van der Waals surface area contributed by atoms with Crippen LogP contribution in [0.15, 0.2) is 17.3 Å². The number of ether oxygens (including phenoxy) is 1. The first kappa shape index (κ1) is 13.2. The Bertz CT molecular complexity index is 169. The quantitative estimate of drug-likeness (QED) is 0.390. The van der Waals surface area contributed by atoms with Gasteiger partial charge in [0, 0.05) is 6.92 Å². The molecule has 0 fully saturated rings. The molecule has 0 aromatic heterocycles. The van der Waals surface area contributed by atoms with Crippen molar-refractivity contribution in [2.75, 3.05) is 13.8 Å². The van der Waals surface area contributed by atoms with Crippen LogP contribution in [0.25, 0.3) is 0 Å². The number of nitrogens with two attached hydrogens (primary N) is 1. The summed E-state index contributed by atoms with van der Waals surface area (Å²) in [6, 6.07) is 0. The van der Waals surface area contributed by atoms with Crippen molar-refractivity contribution < 1.29 is 13.9 Å². The van der Waals surface area contributed by atoms with Crippen molar-refractivity contribution in [3.05, 3.63) is 12.3 Å². The first-order chi connectivity index (χ1) is 5.66. The molecule has 0 rings (SSSR count). The molecular weight excluding hydrogens is 163 g/mol. The fraction of sp³-hybridized carbons (Fsp3) is 0.429. The van der Waals surface area contributed by atoms with E-state index < -0.39 is 0 Å². The summed E-state index contributed by atoms with van der Waals surface area (Å²) in [5, 5.41) is 0. The van der Waals surface area contributed by atoms with E-state index in [9.17, 15) is 9.18 Å². The van der Waals surface area contributed by atoms with E-state index in [0.717, 1.165) is 6.34 Å². The van der Waals surface area contributed by atoms with E-state index in [0.29, 0.717) is 12.9 Å². The second-order valence-corrected chi connectivity index (χ2v) is 1.62. The molecule has 0 aliphatic carbocycles. The monoisotopic (exact) mass is 176 g/mol. The maximum Gasteiger partial charge on any atom is 0.303 e. The number of aliphatic imine (C=N–C) groups is 1. The summed E-state index contributed by atoms with van der Waals surface area (Å²) < 4.78 is 14.0. The number of alkyl halides is 1. The SMILES string of the molecule is C=C(COC(C)=O)N=CN.CF. The lowest BCUT2D eigenvalue weighted by Gasteiger charge is -1.98. The molecule has 0 saturated heterocycles. The number of hydrogen-bond donors (Lipinski definition) is 1. The molecule has 0 heterocycles. The molecule has 70 valence electrons. The van der Waals surface area contributed by atoms with Gasteiger partial charge in [-0.15, -0.1) is 0 Å². The fourth-order valence-corrected chi connectivity index (χ4v) is 0.328. The highest BCUT2D eigenvalue weighted by atomic mass is 19.1. The molecule has 0 aliphatic heterocycles. The van der Waals surface area contributed by atoms with Crippen molar-refractivity contribution in [1.82, 2.24) is 0 Å². The van der Waals surface area contributed by atoms with E-state index >= 15 is 0 Å². The molecule has 0 aromatic carbocycles. The van der Waals surface area contributed by atoms with Crippen molar-refractivity contribution in [2.45, 2.75) is 6.92 Å². The zero-order valence-electron chi connectivity index (χ0n) is 7.21. The van der Waals surface area contributed by atoms with Crippen LogP contribution in [0, 0.1) is 0 Å². The topological polar surface area (TPSA) is 64.7 Å². The summed E-state index contributed by atoms with van der Waals surface area (Å²) >= 11 is 0. The number of carbonyl (C=O) groups is 1. The zero-order valence-corrected chi connectivity index (χ0v) is 7.21. The van der Waals surface area contributed by atoms with Crippen molar-refractivity contribution in [1.29, 1.82) is 0 Å². The van der Waals surface area contributed by atoms with Gasteiger partial charge in [0.2, 0.25) is 0 Å². The van der Waals surface area contributed by atoms with Crippen molar-refractivity contribution in [2.24, 2.45) is 10.7 Å². The minimum absolute atomic E-state index is 0.100. The van der Waals surface area contributed by atoms with Crippen LogP contribution >= 0.6 is 0 Å². The zero-order chi connectivity index (χ0) is 9.98. The van der Waals surface area contributed by atoms with Crippen LogP contribution in [-0.2, 0) is 9.53 Å². The van der Waals surface area contributed by atoms with E-state index in [1.807, 2.05) is 0 Å². The largest absolute Gasteiger partial charge is 0.459 e. The van der Waals surface area contributed by atoms with Crippen LogP contribution in [-0.4, -0.2) is 26.1 Å². The molecule has 0 amide bonds. The maximum atomic E-state index is 10.2. The van der Waals surface area contributed by atoms with Gasteiger partial charge in [0.25, 0.3) is 0 Å². The highest BCUT2D eigenvalue weighted by molar-refractivity contribution is 5.66. The highest BCUT2D eigenvalue weighted by Crippen LogP contribution is 1.91. The molecule has 0 bridgehead atoms. The van der Waals surface area contributed by atoms with E-state index in [-0.39, 0.29) is 12.6 Å². The predicted octanol–water partition coefficient (Wildman–Crippen LogP) is 0.636. The minimum Gasteiger partial charge on any atom is -0.459 e. The lowest BCUT2D eigenvalue weighted by Crippen LogP contribution is -2.02. The Morgan fingerprint density at radius 2 is 2.25 bits per heavy atom. The molecule has 0 aliphatic rings. The first-order valence-corrected chi connectivity index (χ1v) is 3.10. The Balaban J connectivity index is 0. The van der Waals surface area contributed by atoms with Gasteiger partial charge in [-0.1, -0.05) is 6.58 Å². The van der Waals surface area contributed by atoms with Gasteiger partial charge in [-0.2, -0.15) is 0 Å². The maximum absolute atomic E-state index is 10.2. The number of rotatable bonds is 3. The molecule has 0 atom stereocenters. The molecule has 0 aromatic rings. The minimum atomic E-state index is -0.353. The Morgan fingerprint density at radius 1 is 1.75 bits per heavy atom. The van der Waals surface area contributed by atoms with E-state index in [4.69, 9.17) is 5.73 Å². The van der Waals surface area contributed by atoms with Crippen molar-refractivity contribution in [3.63, 3.8) is 0 Å². The molecule has 12 heavy (non-hydrogen) atoms. The Kier molecular flexibility index (Phi) is 10.6. The second-order valence-electron chi connectivity index (χ2n) is 1.62. The Labute approximate surface area is 70.9 Å². The van der Waals surface area contributed by atoms with Crippen LogP contribution in [0.4, 0.5) is 4.39 Å². The molecule has 5 heteroatoms. The third kappa shape index (κ3) is 11.4. The van der Waals surface area contributed by atoms with Gasteiger partial charge in [-0.25, -0.2) is 4.99 Å². The van der Waals surface area contributed by atoms with Gasteiger partial charge in [-0.3, -0.25) is 9.18 Å². The van der Waals surface area contributed by atoms with Crippen LogP contribution in [0.2, 0.25) is 0 Å². The molecular formula is C7H13FN2O2. The van der Waals surface area contributed by atoms with Gasteiger partial charge >= 0.3 is 5.97 Å². The molecule has 0 saturated carbocycles. The molecule has 0 radical (unpaired) electrons. The Morgan fingerprint density at radius 3 is 2.58 bits per heavy atom. The van der Waals surface area contributed by atoms with Crippen LogP contribution in [0.1, 0.15) is 6.92 Å². The Hall–Kier alpha value is -1.39. The van der Waals surface area contributed by atoms with Gasteiger partial charge < -0.3 is 10.5 Å². The number of carbonyl (C=O) groups excluding carboxylic acids is 1. The normalized spacial score (nSPS) is 8.58. The van der Waals surface area contributed by atoms with Crippen molar-refractivity contribution >= 4 is 12.3 Å². The van der Waals surface area contributed by atoms with Gasteiger partial charge in [0.1, 0.15) is 6.61 Å². The van der Waals surface area contributed by atoms with E-state index in [1.165, 1.54) is 6.92 Å². The first-order valence-electron chi connectivity index (χ1n) is 3.10. The second kappa shape index (κ2) is 9.61. The number of esters is 1. The summed E-state index contributed by atoms with van der Waals surface area (Å²) in [6.07, 6.45) is 1.10. The lowest BCUT2D eigenvalue weighted by molar-refractivity contribution is -0.139. The summed E-state index contributed by atoms with van der Waals surface area (Å²) in [7, 11) is 0.500.